The molecule has 3 aromatic rings. The number of H-pyrrole nitrogens is 1. The first-order valence-corrected chi connectivity index (χ1v) is 12.7. The molecule has 2 amide bonds. The van der Waals surface area contributed by atoms with Crippen LogP contribution in [0.4, 0.5) is 10.6 Å². The number of anilines is 1. The summed E-state index contributed by atoms with van der Waals surface area (Å²) in [5.41, 5.74) is 2.21. The number of aromatic nitrogens is 3. The number of likely N-dealkylation sites (tertiary alicyclic amines) is 2. The van der Waals surface area contributed by atoms with Crippen molar-refractivity contribution in [1.29, 1.82) is 0 Å². The molecule has 1 atom stereocenters. The van der Waals surface area contributed by atoms with Crippen molar-refractivity contribution in [2.45, 2.75) is 57.7 Å². The van der Waals surface area contributed by atoms with Gasteiger partial charge < -0.3 is 19.9 Å². The van der Waals surface area contributed by atoms with Gasteiger partial charge in [0, 0.05) is 49.0 Å². The topological polar surface area (TPSA) is 103 Å². The molecule has 10 heteroatoms. The molecule has 36 heavy (non-hydrogen) atoms. The number of piperidine rings is 1. The molecule has 190 valence electrons. The van der Waals surface area contributed by atoms with Crippen molar-refractivity contribution in [3.8, 4) is 11.1 Å². The predicted molar refractivity (Wildman–Crippen MR) is 139 cm³/mol. The maximum absolute atomic E-state index is 13.1. The standard InChI is InChI=1S/C26H31ClN6O3/c1-26(2,3)36-25(35)33-12-8-20(33)24(34)32-10-6-17(7-11-32)30-22-14-16(13-21(27)31-22)19-15-29-23-18(19)5-4-9-28-23/h4-5,9,13-15,17,20H,6-8,10-12H2,1-3H3,(H,28,29)(H,30,31). The van der Waals surface area contributed by atoms with Crippen LogP contribution < -0.4 is 5.32 Å². The van der Waals surface area contributed by atoms with Crippen LogP contribution >= 0.6 is 11.6 Å². The molecular weight excluding hydrogens is 480 g/mol. The molecule has 5 heterocycles. The first-order chi connectivity index (χ1) is 17.2. The maximum Gasteiger partial charge on any atom is 0.410 e. The Morgan fingerprint density at radius 1 is 1.17 bits per heavy atom. The minimum Gasteiger partial charge on any atom is -0.444 e. The van der Waals surface area contributed by atoms with Crippen molar-refractivity contribution in [1.82, 2.24) is 24.8 Å². The molecule has 2 N–H and O–H groups in total. The number of hydrogen-bond donors (Lipinski definition) is 2. The van der Waals surface area contributed by atoms with E-state index in [1.807, 2.05) is 56.1 Å². The summed E-state index contributed by atoms with van der Waals surface area (Å²) in [6.07, 6.45) is 5.51. The van der Waals surface area contributed by atoms with E-state index in [9.17, 15) is 9.59 Å². The zero-order valence-electron chi connectivity index (χ0n) is 20.8. The Morgan fingerprint density at radius 3 is 2.64 bits per heavy atom. The van der Waals surface area contributed by atoms with Gasteiger partial charge in [0.2, 0.25) is 5.91 Å². The van der Waals surface area contributed by atoms with Gasteiger partial charge in [0.15, 0.2) is 0 Å². The van der Waals surface area contributed by atoms with Gasteiger partial charge >= 0.3 is 6.09 Å². The minimum atomic E-state index is -0.580. The molecule has 0 aliphatic carbocycles. The van der Waals surface area contributed by atoms with Crippen LogP contribution in [0.3, 0.4) is 0 Å². The largest absolute Gasteiger partial charge is 0.444 e. The van der Waals surface area contributed by atoms with Gasteiger partial charge in [0.1, 0.15) is 28.3 Å². The van der Waals surface area contributed by atoms with Crippen LogP contribution in [0.2, 0.25) is 5.15 Å². The van der Waals surface area contributed by atoms with Crippen LogP contribution in [0.25, 0.3) is 22.2 Å². The van der Waals surface area contributed by atoms with Gasteiger partial charge in [-0.25, -0.2) is 14.8 Å². The Kier molecular flexibility index (Phi) is 6.51. The van der Waals surface area contributed by atoms with Crippen molar-refractivity contribution in [2.75, 3.05) is 25.0 Å². The Labute approximate surface area is 215 Å². The van der Waals surface area contributed by atoms with Gasteiger partial charge in [-0.3, -0.25) is 9.69 Å². The van der Waals surface area contributed by atoms with E-state index >= 15 is 0 Å². The number of nitrogens with zero attached hydrogens (tertiary/aromatic N) is 4. The second kappa shape index (κ2) is 9.61. The summed E-state index contributed by atoms with van der Waals surface area (Å²) in [5.74, 6) is 0.706. The van der Waals surface area contributed by atoms with E-state index in [1.165, 1.54) is 4.90 Å². The molecule has 0 bridgehead atoms. The summed E-state index contributed by atoms with van der Waals surface area (Å²) >= 11 is 6.36. The third-order valence-corrected chi connectivity index (χ3v) is 6.84. The summed E-state index contributed by atoms with van der Waals surface area (Å²) in [6.45, 7) is 7.28. The molecule has 0 radical (unpaired) electrons. The molecule has 1 unspecified atom stereocenters. The number of fused-ring (bicyclic) bond motifs is 1. The van der Waals surface area contributed by atoms with Crippen LogP contribution in [-0.2, 0) is 9.53 Å². The van der Waals surface area contributed by atoms with Crippen molar-refractivity contribution in [3.63, 3.8) is 0 Å². The number of hydrogen-bond acceptors (Lipinski definition) is 6. The number of carbonyl (C=O) groups is 2. The summed E-state index contributed by atoms with van der Waals surface area (Å²) in [4.78, 5) is 40.9. The molecule has 2 fully saturated rings. The summed E-state index contributed by atoms with van der Waals surface area (Å²) in [6, 6.07) is 7.51. The van der Waals surface area contributed by atoms with E-state index in [-0.39, 0.29) is 11.9 Å². The van der Waals surface area contributed by atoms with Crippen LogP contribution in [-0.4, -0.2) is 74.1 Å². The number of rotatable bonds is 4. The molecule has 0 spiro atoms. The lowest BCUT2D eigenvalue weighted by atomic mass is 9.99. The summed E-state index contributed by atoms with van der Waals surface area (Å²) in [5, 5.41) is 4.93. The van der Waals surface area contributed by atoms with Gasteiger partial charge in [-0.15, -0.1) is 0 Å². The van der Waals surface area contributed by atoms with Gasteiger partial charge in [-0.2, -0.15) is 0 Å². The smallest absolute Gasteiger partial charge is 0.410 e. The summed E-state index contributed by atoms with van der Waals surface area (Å²) < 4.78 is 5.45. The monoisotopic (exact) mass is 510 g/mol. The first kappa shape index (κ1) is 24.4. The van der Waals surface area contributed by atoms with Gasteiger partial charge in [0.05, 0.1) is 0 Å². The molecule has 3 aromatic heterocycles. The molecular formula is C26H31ClN6O3. The van der Waals surface area contributed by atoms with Gasteiger partial charge in [-0.05, 0) is 69.9 Å². The highest BCUT2D eigenvalue weighted by Crippen LogP contribution is 2.31. The van der Waals surface area contributed by atoms with Crippen LogP contribution in [0.15, 0.2) is 36.7 Å². The van der Waals surface area contributed by atoms with Crippen LogP contribution in [0, 0.1) is 0 Å². The average Bonchev–Trinajstić information content (AvgIpc) is 3.21. The SMILES string of the molecule is CC(C)(C)OC(=O)N1CCC1C(=O)N1CCC(Nc2cc(-c3c[nH]c4ncccc34)cc(Cl)n2)CC1. The van der Waals surface area contributed by atoms with E-state index in [0.29, 0.717) is 37.0 Å². The third-order valence-electron chi connectivity index (χ3n) is 6.65. The van der Waals surface area contributed by atoms with Crippen molar-refractivity contribution < 1.29 is 14.3 Å². The lowest BCUT2D eigenvalue weighted by Crippen LogP contribution is -2.60. The van der Waals surface area contributed by atoms with E-state index in [1.54, 1.807) is 6.20 Å². The Hall–Kier alpha value is -3.33. The molecule has 9 nitrogen and oxygen atoms in total. The Balaban J connectivity index is 1.20. The fourth-order valence-corrected chi connectivity index (χ4v) is 4.98. The molecule has 2 aliphatic heterocycles. The van der Waals surface area contributed by atoms with Crippen LogP contribution in [0.1, 0.15) is 40.0 Å². The van der Waals surface area contributed by atoms with Gasteiger partial charge in [-0.1, -0.05) is 11.6 Å². The molecule has 2 saturated heterocycles. The highest BCUT2D eigenvalue weighted by molar-refractivity contribution is 6.29. The Bertz CT molecular complexity index is 1280. The molecule has 5 rings (SSSR count). The number of carbonyl (C=O) groups excluding carboxylic acids is 2. The first-order valence-electron chi connectivity index (χ1n) is 12.3. The number of ether oxygens (including phenoxy) is 1. The second-order valence-corrected chi connectivity index (χ2v) is 10.8. The van der Waals surface area contributed by atoms with Crippen molar-refractivity contribution in [2.24, 2.45) is 0 Å². The van der Waals surface area contributed by atoms with E-state index in [2.05, 4.69) is 20.3 Å². The maximum atomic E-state index is 13.1. The minimum absolute atomic E-state index is 0.00155. The Morgan fingerprint density at radius 2 is 1.94 bits per heavy atom. The van der Waals surface area contributed by atoms with E-state index < -0.39 is 17.7 Å². The fraction of sp³-hybridized carbons (Fsp3) is 0.462. The van der Waals surface area contributed by atoms with Crippen molar-refractivity contribution in [3.05, 3.63) is 41.8 Å². The number of nitrogens with one attached hydrogen (secondary N) is 2. The normalized spacial score (nSPS) is 18.7. The van der Waals surface area contributed by atoms with Crippen LogP contribution in [0.5, 0.6) is 0 Å². The average molecular weight is 511 g/mol. The quantitative estimate of drug-likeness (QED) is 0.493. The van der Waals surface area contributed by atoms with E-state index in [0.717, 1.165) is 35.0 Å². The van der Waals surface area contributed by atoms with E-state index in [4.69, 9.17) is 16.3 Å². The zero-order valence-corrected chi connectivity index (χ0v) is 21.5. The number of amides is 2. The highest BCUT2D eigenvalue weighted by Gasteiger charge is 2.42. The van der Waals surface area contributed by atoms with Gasteiger partial charge in [0.25, 0.3) is 0 Å². The molecule has 0 saturated carbocycles. The lowest BCUT2D eigenvalue weighted by Gasteiger charge is -2.43. The number of aromatic amines is 1. The number of pyridine rings is 2. The molecule has 2 aliphatic rings. The fourth-order valence-electron chi connectivity index (χ4n) is 4.77. The lowest BCUT2D eigenvalue weighted by molar-refractivity contribution is -0.142. The highest BCUT2D eigenvalue weighted by atomic mass is 35.5. The zero-order chi connectivity index (χ0) is 25.4. The molecule has 0 aromatic carbocycles. The van der Waals surface area contributed by atoms with Crippen molar-refractivity contribution >= 4 is 40.5 Å². The summed E-state index contributed by atoms with van der Waals surface area (Å²) in [7, 11) is 0. The third kappa shape index (κ3) is 5.11. The predicted octanol–water partition coefficient (Wildman–Crippen LogP) is 4.69. The second-order valence-electron chi connectivity index (χ2n) is 10.4. The number of halogens is 1.